The Morgan fingerprint density at radius 3 is 2.61 bits per heavy atom. The zero-order valence-corrected chi connectivity index (χ0v) is 10.9. The lowest BCUT2D eigenvalue weighted by Gasteiger charge is -2.31. The molecule has 0 spiro atoms. The molecule has 0 amide bonds. The van der Waals surface area contributed by atoms with Crippen LogP contribution in [0, 0.1) is 0 Å². The third-order valence-electron chi connectivity index (χ3n) is 2.89. The number of hydrogen-bond donors (Lipinski definition) is 0. The summed E-state index contributed by atoms with van der Waals surface area (Å²) < 4.78 is 42.9. The fourth-order valence-corrected chi connectivity index (χ4v) is 2.83. The molecule has 0 bridgehead atoms. The minimum atomic E-state index is -4.29. The quantitative estimate of drug-likeness (QED) is 0.850. The van der Waals surface area contributed by atoms with Crippen LogP contribution in [0.25, 0.3) is 0 Å². The summed E-state index contributed by atoms with van der Waals surface area (Å²) in [6.07, 6.45) is -1.47. The zero-order chi connectivity index (χ0) is 13.2. The number of rotatable bonds is 3. The van der Waals surface area contributed by atoms with Crippen molar-refractivity contribution in [1.82, 2.24) is 4.98 Å². The maximum Gasteiger partial charge on any atom is 0.427 e. The van der Waals surface area contributed by atoms with Gasteiger partial charge in [0.25, 0.3) is 0 Å². The Hall–Kier alpha value is -0.820. The molecule has 1 aliphatic rings. The molecule has 0 atom stereocenters. The molecule has 102 valence electrons. The largest absolute Gasteiger partial charge is 0.427 e. The van der Waals surface area contributed by atoms with E-state index in [2.05, 4.69) is 4.98 Å². The summed E-state index contributed by atoms with van der Waals surface area (Å²) in [7, 11) is 0. The summed E-state index contributed by atoms with van der Waals surface area (Å²) in [6, 6.07) is 0. The van der Waals surface area contributed by atoms with Gasteiger partial charge in [-0.2, -0.15) is 13.2 Å². The fourth-order valence-electron chi connectivity index (χ4n) is 1.99. The van der Waals surface area contributed by atoms with Crippen molar-refractivity contribution in [3.8, 4) is 0 Å². The first-order valence-electron chi connectivity index (χ1n) is 5.90. The van der Waals surface area contributed by atoms with Gasteiger partial charge in [-0.1, -0.05) is 11.3 Å². The molecule has 0 saturated carbocycles. The van der Waals surface area contributed by atoms with E-state index in [1.54, 1.807) is 0 Å². The molecule has 0 N–H and O–H groups in total. The van der Waals surface area contributed by atoms with Crippen LogP contribution in [0.5, 0.6) is 0 Å². The minimum Gasteiger partial charge on any atom is -0.378 e. The molecule has 7 heteroatoms. The molecule has 1 aliphatic heterocycles. The van der Waals surface area contributed by atoms with E-state index in [1.807, 2.05) is 11.8 Å². The summed E-state index contributed by atoms with van der Waals surface area (Å²) in [5.41, 5.74) is 0. The first kappa shape index (κ1) is 13.6. The van der Waals surface area contributed by atoms with Gasteiger partial charge in [0.1, 0.15) is 4.88 Å². The van der Waals surface area contributed by atoms with Crippen LogP contribution in [0.1, 0.15) is 24.6 Å². The molecule has 3 nitrogen and oxygen atoms in total. The lowest BCUT2D eigenvalue weighted by molar-refractivity contribution is -0.134. The van der Waals surface area contributed by atoms with Crippen molar-refractivity contribution >= 4 is 16.5 Å². The van der Waals surface area contributed by atoms with Gasteiger partial charge in [0, 0.05) is 19.7 Å². The molecule has 18 heavy (non-hydrogen) atoms. The summed E-state index contributed by atoms with van der Waals surface area (Å²) in [5, 5.41) is 0.456. The Kier molecular flexibility index (Phi) is 4.11. The van der Waals surface area contributed by atoms with Gasteiger partial charge in [-0.25, -0.2) is 4.98 Å². The van der Waals surface area contributed by atoms with E-state index in [1.165, 1.54) is 0 Å². The Bertz CT molecular complexity index is 386. The van der Waals surface area contributed by atoms with Crippen LogP contribution >= 0.6 is 11.3 Å². The topological polar surface area (TPSA) is 25.4 Å². The molecule has 2 heterocycles. The highest BCUT2D eigenvalue weighted by atomic mass is 32.1. The number of aromatic nitrogens is 1. The summed E-state index contributed by atoms with van der Waals surface area (Å²) >= 11 is 0.710. The number of anilines is 1. The fraction of sp³-hybridized carbons (Fsp3) is 0.727. The third-order valence-corrected chi connectivity index (χ3v) is 3.99. The highest BCUT2D eigenvalue weighted by Crippen LogP contribution is 2.36. The Labute approximate surface area is 108 Å². The van der Waals surface area contributed by atoms with Gasteiger partial charge < -0.3 is 9.64 Å². The smallest absolute Gasteiger partial charge is 0.378 e. The predicted octanol–water partition coefficient (Wildman–Crippen LogP) is 3.17. The maximum atomic E-state index is 12.5. The average Bonchev–Trinajstić information content (AvgIpc) is 2.79. The first-order chi connectivity index (χ1) is 8.50. The summed E-state index contributed by atoms with van der Waals surface area (Å²) in [5.74, 6) is 0. The van der Waals surface area contributed by atoms with Crippen LogP contribution in [0.3, 0.4) is 0 Å². The second kappa shape index (κ2) is 5.44. The van der Waals surface area contributed by atoms with Gasteiger partial charge in [-0.15, -0.1) is 0 Å². The number of thiazole rings is 1. The second-order valence-corrected chi connectivity index (χ2v) is 5.16. The van der Waals surface area contributed by atoms with Gasteiger partial charge in [0.15, 0.2) is 5.13 Å². The Balaban J connectivity index is 1.95. The van der Waals surface area contributed by atoms with Crippen LogP contribution < -0.4 is 4.90 Å². The highest BCUT2D eigenvalue weighted by Gasteiger charge is 2.34. The molecule has 1 aromatic heterocycles. The standard InChI is InChI=1S/C11H15F3N2OS/c1-2-17-8-3-5-16(6-4-8)10-15-7-9(18-10)11(12,13)14/h7-8H,2-6H2,1H3. The van der Waals surface area contributed by atoms with Gasteiger partial charge in [-0.05, 0) is 19.8 Å². The van der Waals surface area contributed by atoms with Gasteiger partial charge in [-0.3, -0.25) is 0 Å². The molecule has 0 aliphatic carbocycles. The molecule has 0 unspecified atom stereocenters. The Morgan fingerprint density at radius 1 is 1.44 bits per heavy atom. The molecular formula is C11H15F3N2OS. The molecule has 2 rings (SSSR count). The van der Waals surface area contributed by atoms with Crippen molar-refractivity contribution in [1.29, 1.82) is 0 Å². The van der Waals surface area contributed by atoms with Crippen LogP contribution in [0.15, 0.2) is 6.20 Å². The number of piperidine rings is 1. The number of ether oxygens (including phenoxy) is 1. The molecular weight excluding hydrogens is 265 g/mol. The molecule has 1 fully saturated rings. The number of halogens is 3. The van der Waals surface area contributed by atoms with Crippen molar-refractivity contribution in [2.24, 2.45) is 0 Å². The average molecular weight is 280 g/mol. The first-order valence-corrected chi connectivity index (χ1v) is 6.72. The normalized spacial score (nSPS) is 18.3. The molecule has 1 saturated heterocycles. The van der Waals surface area contributed by atoms with Crippen molar-refractivity contribution < 1.29 is 17.9 Å². The Morgan fingerprint density at radius 2 is 2.11 bits per heavy atom. The maximum absolute atomic E-state index is 12.5. The number of nitrogens with zero attached hydrogens (tertiary/aromatic N) is 2. The van der Waals surface area contributed by atoms with Crippen LogP contribution in [-0.4, -0.2) is 30.8 Å². The van der Waals surface area contributed by atoms with E-state index < -0.39 is 11.1 Å². The van der Waals surface area contributed by atoms with E-state index in [4.69, 9.17) is 4.74 Å². The second-order valence-electron chi connectivity index (χ2n) is 4.15. The van der Waals surface area contributed by atoms with Crippen molar-refractivity contribution in [3.05, 3.63) is 11.1 Å². The van der Waals surface area contributed by atoms with Gasteiger partial charge in [0.2, 0.25) is 0 Å². The summed E-state index contributed by atoms with van der Waals surface area (Å²) in [6.45, 7) is 4.04. The van der Waals surface area contributed by atoms with E-state index >= 15 is 0 Å². The lowest BCUT2D eigenvalue weighted by atomic mass is 10.1. The van der Waals surface area contributed by atoms with Gasteiger partial charge in [0.05, 0.1) is 12.3 Å². The van der Waals surface area contributed by atoms with Crippen LogP contribution in [0.2, 0.25) is 0 Å². The number of hydrogen-bond acceptors (Lipinski definition) is 4. The third kappa shape index (κ3) is 3.14. The van der Waals surface area contributed by atoms with Crippen LogP contribution in [-0.2, 0) is 10.9 Å². The van der Waals surface area contributed by atoms with Crippen LogP contribution in [0.4, 0.5) is 18.3 Å². The van der Waals surface area contributed by atoms with Crippen molar-refractivity contribution in [2.75, 3.05) is 24.6 Å². The molecule has 0 radical (unpaired) electrons. The monoisotopic (exact) mass is 280 g/mol. The minimum absolute atomic E-state index is 0.230. The SMILES string of the molecule is CCOC1CCN(c2ncc(C(F)(F)F)s2)CC1. The predicted molar refractivity (Wildman–Crippen MR) is 64.0 cm³/mol. The lowest BCUT2D eigenvalue weighted by Crippen LogP contribution is -2.36. The highest BCUT2D eigenvalue weighted by molar-refractivity contribution is 7.15. The van der Waals surface area contributed by atoms with Crippen molar-refractivity contribution in [3.63, 3.8) is 0 Å². The van der Waals surface area contributed by atoms with E-state index in [0.717, 1.165) is 19.0 Å². The molecule has 1 aromatic rings. The van der Waals surface area contributed by atoms with E-state index in [-0.39, 0.29) is 6.10 Å². The van der Waals surface area contributed by atoms with E-state index in [0.29, 0.717) is 36.2 Å². The van der Waals surface area contributed by atoms with Crippen molar-refractivity contribution in [2.45, 2.75) is 32.0 Å². The van der Waals surface area contributed by atoms with E-state index in [9.17, 15) is 13.2 Å². The zero-order valence-electron chi connectivity index (χ0n) is 10.0. The van der Waals surface area contributed by atoms with Gasteiger partial charge >= 0.3 is 6.18 Å². The molecule has 0 aromatic carbocycles. The number of alkyl halides is 3. The summed E-state index contributed by atoms with van der Waals surface area (Å²) in [4.78, 5) is 5.12.